The second-order valence-electron chi connectivity index (χ2n) is 3.69. The third-order valence-electron chi connectivity index (χ3n) is 2.21. The zero-order valence-corrected chi connectivity index (χ0v) is 11.7. The van der Waals surface area contributed by atoms with Gasteiger partial charge in [0.2, 0.25) is 0 Å². The molecule has 0 heterocycles. The predicted octanol–water partition coefficient (Wildman–Crippen LogP) is 0.591. The van der Waals surface area contributed by atoms with Crippen molar-refractivity contribution in [2.75, 3.05) is 19.3 Å². The first kappa shape index (κ1) is 16.9. The number of hydrogen-bond acceptors (Lipinski definition) is 4. The quantitative estimate of drug-likeness (QED) is 0.777. The van der Waals surface area contributed by atoms with Crippen LogP contribution in [0.15, 0.2) is 29.2 Å². The average Bonchev–Trinajstić information content (AvgIpc) is 2.28. The minimum Gasteiger partial charge on any atom is -0.352 e. The molecule has 0 saturated heterocycles. The van der Waals surface area contributed by atoms with E-state index in [0.717, 1.165) is 6.26 Å². The molecule has 0 fully saturated rings. The van der Waals surface area contributed by atoms with Crippen LogP contribution in [0, 0.1) is 0 Å². The number of nitrogens with two attached hydrogens (primary N) is 1. The van der Waals surface area contributed by atoms with Crippen molar-refractivity contribution < 1.29 is 13.2 Å². The summed E-state index contributed by atoms with van der Waals surface area (Å²) in [4.78, 5) is 11.8. The van der Waals surface area contributed by atoms with Gasteiger partial charge in [-0.3, -0.25) is 4.79 Å². The van der Waals surface area contributed by atoms with Crippen LogP contribution < -0.4 is 11.1 Å². The smallest absolute Gasteiger partial charge is 0.251 e. The Morgan fingerprint density at radius 2 is 1.83 bits per heavy atom. The molecule has 102 valence electrons. The van der Waals surface area contributed by atoms with Crippen molar-refractivity contribution in [3.63, 3.8) is 0 Å². The van der Waals surface area contributed by atoms with Crippen molar-refractivity contribution in [3.05, 3.63) is 29.8 Å². The number of sulfone groups is 1. The summed E-state index contributed by atoms with van der Waals surface area (Å²) in [6.45, 7) is 1.04. The summed E-state index contributed by atoms with van der Waals surface area (Å²) in [6.07, 6.45) is 1.84. The molecular weight excluding hydrogens is 276 g/mol. The Morgan fingerprint density at radius 3 is 2.28 bits per heavy atom. The van der Waals surface area contributed by atoms with Crippen molar-refractivity contribution in [1.29, 1.82) is 0 Å². The Kier molecular flexibility index (Phi) is 6.90. The normalized spacial score (nSPS) is 10.6. The van der Waals surface area contributed by atoms with Crippen molar-refractivity contribution in [2.45, 2.75) is 11.3 Å². The van der Waals surface area contributed by atoms with Crippen LogP contribution in [0.25, 0.3) is 0 Å². The van der Waals surface area contributed by atoms with Crippen LogP contribution in [-0.4, -0.2) is 33.7 Å². The molecule has 3 N–H and O–H groups in total. The van der Waals surface area contributed by atoms with Crippen LogP contribution in [0.5, 0.6) is 0 Å². The fourth-order valence-corrected chi connectivity index (χ4v) is 1.89. The predicted molar refractivity (Wildman–Crippen MR) is 72.8 cm³/mol. The summed E-state index contributed by atoms with van der Waals surface area (Å²) in [5.74, 6) is -0.224. The zero-order chi connectivity index (χ0) is 12.9. The van der Waals surface area contributed by atoms with Crippen LogP contribution in [0.2, 0.25) is 0 Å². The SMILES string of the molecule is CS(=O)(=O)c1ccc(C(=O)NCCCN)cc1.Cl. The number of rotatable bonds is 5. The van der Waals surface area contributed by atoms with Crippen LogP contribution >= 0.6 is 12.4 Å². The average molecular weight is 293 g/mol. The number of hydrogen-bond donors (Lipinski definition) is 2. The molecule has 0 aliphatic heterocycles. The number of benzene rings is 1. The van der Waals surface area contributed by atoms with Gasteiger partial charge in [-0.1, -0.05) is 0 Å². The van der Waals surface area contributed by atoms with Gasteiger partial charge in [0.25, 0.3) is 5.91 Å². The van der Waals surface area contributed by atoms with E-state index < -0.39 is 9.84 Å². The van der Waals surface area contributed by atoms with E-state index in [-0.39, 0.29) is 23.2 Å². The molecule has 18 heavy (non-hydrogen) atoms. The molecule has 0 saturated carbocycles. The first-order valence-corrected chi connectivity index (χ1v) is 7.12. The molecule has 0 aliphatic rings. The van der Waals surface area contributed by atoms with E-state index in [2.05, 4.69) is 5.32 Å². The summed E-state index contributed by atoms with van der Waals surface area (Å²) in [7, 11) is -3.21. The van der Waals surface area contributed by atoms with Crippen LogP contribution in [0.3, 0.4) is 0 Å². The maximum Gasteiger partial charge on any atom is 0.251 e. The van der Waals surface area contributed by atoms with Gasteiger partial charge in [0.15, 0.2) is 9.84 Å². The highest BCUT2D eigenvalue weighted by Gasteiger charge is 2.09. The maximum atomic E-state index is 11.6. The van der Waals surface area contributed by atoms with E-state index in [1.807, 2.05) is 0 Å². The Morgan fingerprint density at radius 1 is 1.28 bits per heavy atom. The van der Waals surface area contributed by atoms with Gasteiger partial charge in [-0.05, 0) is 37.2 Å². The molecule has 7 heteroatoms. The Labute approximate surface area is 113 Å². The van der Waals surface area contributed by atoms with Crippen LogP contribution in [0.1, 0.15) is 16.8 Å². The standard InChI is InChI=1S/C11H16N2O3S.ClH/c1-17(15,16)10-5-3-9(4-6-10)11(14)13-8-2-7-12;/h3-6H,2,7-8,12H2,1H3,(H,13,14);1H. The minimum atomic E-state index is -3.21. The van der Waals surface area contributed by atoms with Gasteiger partial charge in [-0.15, -0.1) is 12.4 Å². The number of halogens is 1. The summed E-state index contributed by atoms with van der Waals surface area (Å²) in [6, 6.07) is 5.84. The highest BCUT2D eigenvalue weighted by molar-refractivity contribution is 7.90. The topological polar surface area (TPSA) is 89.3 Å². The molecule has 1 rings (SSSR count). The highest BCUT2D eigenvalue weighted by Crippen LogP contribution is 2.10. The fourth-order valence-electron chi connectivity index (χ4n) is 1.26. The third kappa shape index (κ3) is 5.03. The van der Waals surface area contributed by atoms with E-state index >= 15 is 0 Å². The van der Waals surface area contributed by atoms with Gasteiger partial charge in [0, 0.05) is 18.4 Å². The Balaban J connectivity index is 0.00000289. The Hall–Kier alpha value is -1.11. The largest absolute Gasteiger partial charge is 0.352 e. The number of carbonyl (C=O) groups excluding carboxylic acids is 1. The molecule has 1 aromatic rings. The van der Waals surface area contributed by atoms with Crippen LogP contribution in [-0.2, 0) is 9.84 Å². The minimum absolute atomic E-state index is 0. The molecule has 0 aromatic heterocycles. The lowest BCUT2D eigenvalue weighted by Crippen LogP contribution is -2.25. The van der Waals surface area contributed by atoms with Gasteiger partial charge in [0.05, 0.1) is 4.90 Å². The lowest BCUT2D eigenvalue weighted by atomic mass is 10.2. The molecule has 0 atom stereocenters. The first-order chi connectivity index (χ1) is 7.95. The fraction of sp³-hybridized carbons (Fsp3) is 0.364. The molecule has 5 nitrogen and oxygen atoms in total. The molecule has 0 radical (unpaired) electrons. The van der Waals surface area contributed by atoms with Gasteiger partial charge >= 0.3 is 0 Å². The van der Waals surface area contributed by atoms with E-state index in [1.165, 1.54) is 24.3 Å². The summed E-state index contributed by atoms with van der Waals surface area (Å²) in [5.41, 5.74) is 5.74. The van der Waals surface area contributed by atoms with E-state index in [1.54, 1.807) is 0 Å². The summed E-state index contributed by atoms with van der Waals surface area (Å²) in [5, 5.41) is 2.69. The van der Waals surface area contributed by atoms with Crippen molar-refractivity contribution >= 4 is 28.2 Å². The molecule has 0 spiro atoms. The highest BCUT2D eigenvalue weighted by atomic mass is 35.5. The lowest BCUT2D eigenvalue weighted by Gasteiger charge is -2.04. The molecule has 0 bridgehead atoms. The summed E-state index contributed by atoms with van der Waals surface area (Å²) >= 11 is 0. The monoisotopic (exact) mass is 292 g/mol. The number of amides is 1. The van der Waals surface area contributed by atoms with Gasteiger partial charge in [0.1, 0.15) is 0 Å². The van der Waals surface area contributed by atoms with Gasteiger partial charge in [-0.25, -0.2) is 8.42 Å². The lowest BCUT2D eigenvalue weighted by molar-refractivity contribution is 0.0953. The molecular formula is C11H17ClN2O3S. The second kappa shape index (κ2) is 7.35. The van der Waals surface area contributed by atoms with Crippen molar-refractivity contribution in [1.82, 2.24) is 5.32 Å². The first-order valence-electron chi connectivity index (χ1n) is 5.23. The van der Waals surface area contributed by atoms with Gasteiger partial charge < -0.3 is 11.1 Å². The number of carbonyl (C=O) groups is 1. The summed E-state index contributed by atoms with van der Waals surface area (Å²) < 4.78 is 22.4. The molecule has 1 aromatic carbocycles. The third-order valence-corrected chi connectivity index (χ3v) is 3.34. The second-order valence-corrected chi connectivity index (χ2v) is 5.71. The van der Waals surface area contributed by atoms with Crippen LogP contribution in [0.4, 0.5) is 0 Å². The van der Waals surface area contributed by atoms with Crippen molar-refractivity contribution in [3.8, 4) is 0 Å². The van der Waals surface area contributed by atoms with E-state index in [9.17, 15) is 13.2 Å². The van der Waals surface area contributed by atoms with Gasteiger partial charge in [-0.2, -0.15) is 0 Å². The molecule has 0 unspecified atom stereocenters. The zero-order valence-electron chi connectivity index (χ0n) is 10.0. The molecule has 1 amide bonds. The van der Waals surface area contributed by atoms with E-state index in [0.29, 0.717) is 25.1 Å². The Bertz CT molecular complexity index is 486. The molecule has 0 aliphatic carbocycles. The number of nitrogens with one attached hydrogen (secondary N) is 1. The van der Waals surface area contributed by atoms with Crippen molar-refractivity contribution in [2.24, 2.45) is 5.73 Å². The maximum absolute atomic E-state index is 11.6. The van der Waals surface area contributed by atoms with E-state index in [4.69, 9.17) is 5.73 Å².